The summed E-state index contributed by atoms with van der Waals surface area (Å²) in [5.74, 6) is -1.20. The summed E-state index contributed by atoms with van der Waals surface area (Å²) in [4.78, 5) is 20.8. The van der Waals surface area contributed by atoms with E-state index in [-0.39, 0.29) is 0 Å². The van der Waals surface area contributed by atoms with Crippen LogP contribution in [0.3, 0.4) is 0 Å². The first-order chi connectivity index (χ1) is 14.4. The average molecular weight is 415 g/mol. The Bertz CT molecular complexity index is 809. The Morgan fingerprint density at radius 2 is 1.70 bits per heavy atom. The van der Waals surface area contributed by atoms with E-state index in [0.29, 0.717) is 12.2 Å². The minimum absolute atomic E-state index is 0.644. The van der Waals surface area contributed by atoms with Gasteiger partial charge in [-0.05, 0) is 55.3 Å². The van der Waals surface area contributed by atoms with Crippen LogP contribution in [-0.4, -0.2) is 51.8 Å². The monoisotopic (exact) mass is 415 g/mol. The van der Waals surface area contributed by atoms with Gasteiger partial charge in [0.15, 0.2) is 0 Å². The number of hydrogen-bond acceptors (Lipinski definition) is 5. The molecular weight excluding hydrogens is 386 g/mol. The molecule has 1 aliphatic carbocycles. The molecule has 3 unspecified atom stereocenters. The predicted molar refractivity (Wildman–Crippen MR) is 110 cm³/mol. The minimum atomic E-state index is -1.82. The van der Waals surface area contributed by atoms with Crippen molar-refractivity contribution < 1.29 is 29.3 Å². The van der Waals surface area contributed by atoms with E-state index in [1.807, 2.05) is 42.5 Å². The van der Waals surface area contributed by atoms with Gasteiger partial charge in [-0.2, -0.15) is 0 Å². The smallest absolute Gasteiger partial charge is 0.414 e. The van der Waals surface area contributed by atoms with Crippen molar-refractivity contribution in [3.63, 3.8) is 0 Å². The summed E-state index contributed by atoms with van der Waals surface area (Å²) < 4.78 is 5.60. The number of rotatable bonds is 5. The Morgan fingerprint density at radius 3 is 2.33 bits per heavy atom. The summed E-state index contributed by atoms with van der Waals surface area (Å²) in [7, 11) is 0. The number of likely N-dealkylation sites (tertiary alicyclic amines) is 1. The number of hydrogen-bond donors (Lipinski definition) is 3. The Kier molecular flexibility index (Phi) is 7.29. The van der Waals surface area contributed by atoms with Gasteiger partial charge >= 0.3 is 11.9 Å². The van der Waals surface area contributed by atoms with E-state index in [0.717, 1.165) is 23.9 Å². The number of nitrogens with zero attached hydrogens (tertiary/aromatic N) is 1. The third kappa shape index (κ3) is 5.49. The first-order valence-corrected chi connectivity index (χ1v) is 10.4. The fraction of sp³-hybridized carbons (Fsp3) is 0.478. The highest BCUT2D eigenvalue weighted by atomic mass is 16.4. The van der Waals surface area contributed by atoms with Crippen LogP contribution in [0.15, 0.2) is 53.1 Å². The number of carbonyl (C=O) groups is 2. The molecule has 1 aromatic carbocycles. The van der Waals surface area contributed by atoms with Crippen molar-refractivity contribution in [1.82, 2.24) is 4.90 Å². The Morgan fingerprint density at radius 1 is 1.00 bits per heavy atom. The SMILES string of the molecule is O=C(O)C(=O)O.OC(CCN1CCC2CCC(C2)C1)(c1ccccc1)c1ccco1. The van der Waals surface area contributed by atoms with Crippen LogP contribution in [0.2, 0.25) is 0 Å². The molecule has 1 saturated heterocycles. The quantitative estimate of drug-likeness (QED) is 0.643. The van der Waals surface area contributed by atoms with Crippen LogP contribution in [-0.2, 0) is 15.2 Å². The fourth-order valence-corrected chi connectivity index (χ4v) is 4.59. The maximum absolute atomic E-state index is 11.5. The molecule has 2 fully saturated rings. The Labute approximate surface area is 175 Å². The van der Waals surface area contributed by atoms with Gasteiger partial charge in [0.2, 0.25) is 0 Å². The standard InChI is InChI=1S/C21H27NO2.C2H2O4/c23-21(20-7-4-14-24-20,19-5-2-1-3-6-19)11-13-22-12-10-17-8-9-18(15-17)16-22;3-1(4)2(5)6/h1-7,14,17-18,23H,8-13,15-16H2;(H,3,4)(H,5,6). The second-order valence-corrected chi connectivity index (χ2v) is 8.20. The molecule has 2 aliphatic rings. The number of aliphatic carboxylic acids is 2. The van der Waals surface area contributed by atoms with Gasteiger partial charge < -0.3 is 24.6 Å². The van der Waals surface area contributed by atoms with Crippen molar-refractivity contribution in [3.05, 3.63) is 60.1 Å². The van der Waals surface area contributed by atoms with Crippen LogP contribution < -0.4 is 0 Å². The van der Waals surface area contributed by atoms with Crippen molar-refractivity contribution in [2.24, 2.45) is 11.8 Å². The molecule has 2 aromatic rings. The number of carboxylic acids is 2. The van der Waals surface area contributed by atoms with Gasteiger partial charge in [0.25, 0.3) is 0 Å². The molecule has 1 aromatic heterocycles. The zero-order valence-corrected chi connectivity index (χ0v) is 16.9. The molecule has 2 bridgehead atoms. The first-order valence-electron chi connectivity index (χ1n) is 10.4. The van der Waals surface area contributed by atoms with E-state index < -0.39 is 17.5 Å². The zero-order chi connectivity index (χ0) is 21.6. The zero-order valence-electron chi connectivity index (χ0n) is 16.9. The normalized spacial score (nSPS) is 23.0. The third-order valence-corrected chi connectivity index (χ3v) is 6.17. The molecule has 4 rings (SSSR count). The second kappa shape index (κ2) is 9.91. The van der Waals surface area contributed by atoms with E-state index in [1.54, 1.807) is 6.26 Å². The predicted octanol–water partition coefficient (Wildman–Crippen LogP) is 3.18. The lowest BCUT2D eigenvalue weighted by atomic mass is 9.87. The number of fused-ring (bicyclic) bond motifs is 2. The minimum Gasteiger partial charge on any atom is -0.473 e. The molecule has 7 heteroatoms. The fourth-order valence-electron chi connectivity index (χ4n) is 4.59. The van der Waals surface area contributed by atoms with Crippen LogP contribution in [0.4, 0.5) is 0 Å². The average Bonchev–Trinajstić information content (AvgIpc) is 3.38. The first kappa shape index (κ1) is 22.1. The van der Waals surface area contributed by atoms with Crippen LogP contribution in [0.5, 0.6) is 0 Å². The molecule has 3 N–H and O–H groups in total. The number of benzene rings is 1. The molecular formula is C23H29NO6. The van der Waals surface area contributed by atoms with E-state index in [4.69, 9.17) is 24.2 Å². The molecule has 1 saturated carbocycles. The largest absolute Gasteiger partial charge is 0.473 e. The summed E-state index contributed by atoms with van der Waals surface area (Å²) in [5, 5.41) is 26.2. The van der Waals surface area contributed by atoms with Crippen molar-refractivity contribution in [2.75, 3.05) is 19.6 Å². The molecule has 30 heavy (non-hydrogen) atoms. The maximum atomic E-state index is 11.5. The second-order valence-electron chi connectivity index (χ2n) is 8.20. The van der Waals surface area contributed by atoms with Crippen molar-refractivity contribution in [1.29, 1.82) is 0 Å². The topological polar surface area (TPSA) is 111 Å². The third-order valence-electron chi connectivity index (χ3n) is 6.17. The molecule has 0 radical (unpaired) electrons. The van der Waals surface area contributed by atoms with Gasteiger partial charge in [-0.25, -0.2) is 9.59 Å². The van der Waals surface area contributed by atoms with Crippen molar-refractivity contribution in [3.8, 4) is 0 Å². The Balaban J connectivity index is 0.000000377. The van der Waals surface area contributed by atoms with Crippen LogP contribution in [0.1, 0.15) is 43.4 Å². The van der Waals surface area contributed by atoms with Crippen molar-refractivity contribution >= 4 is 11.9 Å². The molecule has 2 heterocycles. The highest BCUT2D eigenvalue weighted by molar-refractivity contribution is 6.27. The number of aliphatic hydroxyl groups is 1. The van der Waals surface area contributed by atoms with Crippen LogP contribution >= 0.6 is 0 Å². The number of furan rings is 1. The molecule has 1 aliphatic heterocycles. The van der Waals surface area contributed by atoms with Gasteiger partial charge in [-0.1, -0.05) is 36.8 Å². The lowest BCUT2D eigenvalue weighted by molar-refractivity contribution is -0.159. The highest BCUT2D eigenvalue weighted by Gasteiger charge is 2.36. The van der Waals surface area contributed by atoms with E-state index in [9.17, 15) is 5.11 Å². The lowest BCUT2D eigenvalue weighted by Crippen LogP contribution is -2.36. The summed E-state index contributed by atoms with van der Waals surface area (Å²) in [6, 6.07) is 13.7. The Hall–Kier alpha value is -2.64. The summed E-state index contributed by atoms with van der Waals surface area (Å²) >= 11 is 0. The van der Waals surface area contributed by atoms with Crippen LogP contribution in [0.25, 0.3) is 0 Å². The number of carboxylic acid groups (broad SMARTS) is 2. The van der Waals surface area contributed by atoms with Crippen LogP contribution in [0, 0.1) is 11.8 Å². The highest BCUT2D eigenvalue weighted by Crippen LogP contribution is 2.38. The summed E-state index contributed by atoms with van der Waals surface area (Å²) in [6.45, 7) is 3.28. The molecule has 0 spiro atoms. The molecule has 7 nitrogen and oxygen atoms in total. The van der Waals surface area contributed by atoms with Gasteiger partial charge in [-0.15, -0.1) is 0 Å². The maximum Gasteiger partial charge on any atom is 0.414 e. The van der Waals surface area contributed by atoms with Crippen molar-refractivity contribution in [2.45, 2.75) is 37.7 Å². The van der Waals surface area contributed by atoms with E-state index in [2.05, 4.69) is 4.90 Å². The van der Waals surface area contributed by atoms with Gasteiger partial charge in [-0.3, -0.25) is 0 Å². The van der Waals surface area contributed by atoms with Gasteiger partial charge in [0, 0.05) is 19.5 Å². The van der Waals surface area contributed by atoms with Gasteiger partial charge in [0.05, 0.1) is 6.26 Å². The molecule has 162 valence electrons. The van der Waals surface area contributed by atoms with E-state index in [1.165, 1.54) is 38.8 Å². The lowest BCUT2D eigenvalue weighted by Gasteiger charge is -2.31. The molecule has 0 amide bonds. The molecule has 3 atom stereocenters. The summed E-state index contributed by atoms with van der Waals surface area (Å²) in [6.07, 6.45) is 7.87. The summed E-state index contributed by atoms with van der Waals surface area (Å²) in [5.41, 5.74) is -0.132. The van der Waals surface area contributed by atoms with E-state index >= 15 is 0 Å². The van der Waals surface area contributed by atoms with Gasteiger partial charge in [0.1, 0.15) is 11.4 Å².